The fourth-order valence-corrected chi connectivity index (χ4v) is 6.33. The van der Waals surface area contributed by atoms with Crippen LogP contribution in [0.1, 0.15) is 167 Å². The van der Waals surface area contributed by atoms with E-state index in [1.807, 2.05) is 62.3 Å². The van der Waals surface area contributed by atoms with Gasteiger partial charge in [0, 0.05) is 37.8 Å². The van der Waals surface area contributed by atoms with Crippen molar-refractivity contribution in [1.29, 1.82) is 0 Å². The van der Waals surface area contributed by atoms with Gasteiger partial charge in [-0.1, -0.05) is 13.3 Å². The van der Waals surface area contributed by atoms with Gasteiger partial charge in [0.25, 0.3) is 0 Å². The third kappa shape index (κ3) is 31.4. The number of rotatable bonds is 24. The van der Waals surface area contributed by atoms with Crippen LogP contribution in [-0.2, 0) is 78.6 Å². The van der Waals surface area contributed by atoms with Crippen molar-refractivity contribution < 1.29 is 57.2 Å². The number of hydrogen-bond donors (Lipinski definition) is 4. The molecule has 0 aliphatic carbocycles. The van der Waals surface area contributed by atoms with E-state index < -0.39 is 52.5 Å². The fourth-order valence-electron chi connectivity index (χ4n) is 6.33. The standard InChI is InChI=1S/C43H73N9O10.C7H14O2/c1-40(2,3)59-34(53)25-48-39(58)49-31(38(57)62-43(10,11)12)18-13-15-19-47-37(56)30(44)17-14-16-22-50(26-32-45-20-23-51(32)28-35(54)60-41(4,5)6)27-33-46-21-24-52(33)29-36(55)61-42(7,8)9;1-5-6(8)9-7(2,3)4/h20-21,23-24,30-31H,13-19,22,25-29,44H2,1-12H3,(H,47,56)(H2,48,49,58);5H2,1-4H3. The molecule has 0 saturated carbocycles. The molecule has 5 N–H and O–H groups in total. The second-order valence-electron chi connectivity index (χ2n) is 22.2. The first-order chi connectivity index (χ1) is 32.5. The predicted octanol–water partition coefficient (Wildman–Crippen LogP) is 5.64. The number of unbranched alkanes of at least 4 members (excludes halogenated alkanes) is 2. The molecule has 2 atom stereocenters. The van der Waals surface area contributed by atoms with Crippen LogP contribution in [-0.4, -0.2) is 126 Å². The van der Waals surface area contributed by atoms with E-state index in [1.54, 1.807) is 82.4 Å². The lowest BCUT2D eigenvalue weighted by atomic mass is 10.1. The number of nitrogens with zero attached hydrogens (tertiary/aromatic N) is 5. The van der Waals surface area contributed by atoms with Crippen molar-refractivity contribution in [2.24, 2.45) is 5.73 Å². The maximum absolute atomic E-state index is 12.9. The van der Waals surface area contributed by atoms with Gasteiger partial charge in [-0.2, -0.15) is 0 Å². The maximum Gasteiger partial charge on any atom is 0.329 e. The number of imidazole rings is 2. The molecule has 0 spiro atoms. The first-order valence-corrected chi connectivity index (χ1v) is 24.4. The number of amides is 3. The molecule has 21 nitrogen and oxygen atoms in total. The lowest BCUT2D eigenvalue weighted by molar-refractivity contribution is -0.158. The molecule has 404 valence electrons. The highest BCUT2D eigenvalue weighted by atomic mass is 16.6. The van der Waals surface area contributed by atoms with Crippen molar-refractivity contribution in [1.82, 2.24) is 40.0 Å². The summed E-state index contributed by atoms with van der Waals surface area (Å²) in [5.74, 6) is -1.16. The maximum atomic E-state index is 12.9. The Labute approximate surface area is 421 Å². The molecule has 0 aromatic carbocycles. The van der Waals surface area contributed by atoms with Gasteiger partial charge in [0.05, 0.1) is 19.1 Å². The van der Waals surface area contributed by atoms with Gasteiger partial charge in [0.15, 0.2) is 0 Å². The summed E-state index contributed by atoms with van der Waals surface area (Å²) < 4.78 is 30.2. The summed E-state index contributed by atoms with van der Waals surface area (Å²) in [5.41, 5.74) is 3.19. The van der Waals surface area contributed by atoms with Crippen molar-refractivity contribution in [3.05, 3.63) is 36.4 Å². The number of nitrogens with two attached hydrogens (primary N) is 1. The molecule has 0 radical (unpaired) electrons. The number of nitrogens with one attached hydrogen (secondary N) is 3. The highest BCUT2D eigenvalue weighted by molar-refractivity contribution is 5.86. The highest BCUT2D eigenvalue weighted by Gasteiger charge is 2.28. The molecule has 0 aliphatic rings. The Morgan fingerprint density at radius 1 is 0.592 bits per heavy atom. The van der Waals surface area contributed by atoms with E-state index in [2.05, 4.69) is 30.8 Å². The number of hydrogen-bond acceptors (Lipinski definition) is 16. The lowest BCUT2D eigenvalue weighted by Gasteiger charge is -2.25. The number of urea groups is 1. The molecular weight excluding hydrogens is 919 g/mol. The molecular formula is C50H87N9O12. The molecule has 0 saturated heterocycles. The van der Waals surface area contributed by atoms with Gasteiger partial charge in [-0.05, 0) is 143 Å². The molecule has 2 aromatic heterocycles. The minimum absolute atomic E-state index is 0.00652. The van der Waals surface area contributed by atoms with Crippen molar-refractivity contribution in [3.8, 4) is 0 Å². The summed E-state index contributed by atoms with van der Waals surface area (Å²) in [6.45, 7) is 29.8. The Bertz CT molecular complexity index is 1930. The minimum atomic E-state index is -0.986. The van der Waals surface area contributed by atoms with Crippen LogP contribution in [0.4, 0.5) is 4.79 Å². The molecule has 0 bridgehead atoms. The third-order valence-electron chi connectivity index (χ3n) is 9.09. The van der Waals surface area contributed by atoms with E-state index in [1.165, 1.54) is 0 Å². The largest absolute Gasteiger partial charge is 0.460 e. The van der Waals surface area contributed by atoms with E-state index in [-0.39, 0.29) is 55.5 Å². The average Bonchev–Trinajstić information content (AvgIpc) is 3.82. The van der Waals surface area contributed by atoms with Crippen LogP contribution >= 0.6 is 0 Å². The molecule has 3 amide bonds. The second kappa shape index (κ2) is 29.1. The number of ether oxygens (including phenoxy) is 5. The van der Waals surface area contributed by atoms with Crippen LogP contribution in [0.5, 0.6) is 0 Å². The van der Waals surface area contributed by atoms with Crippen LogP contribution in [0.3, 0.4) is 0 Å². The smallest absolute Gasteiger partial charge is 0.329 e. The molecule has 71 heavy (non-hydrogen) atoms. The molecule has 2 heterocycles. The first-order valence-electron chi connectivity index (χ1n) is 24.4. The van der Waals surface area contributed by atoms with Gasteiger partial charge in [-0.15, -0.1) is 0 Å². The summed E-state index contributed by atoms with van der Waals surface area (Å²) in [6, 6.07) is -2.46. The molecule has 0 aliphatic heterocycles. The van der Waals surface area contributed by atoms with E-state index in [0.717, 1.165) is 0 Å². The summed E-state index contributed by atoms with van der Waals surface area (Å²) >= 11 is 0. The molecule has 2 aromatic rings. The van der Waals surface area contributed by atoms with Gasteiger partial charge < -0.3 is 54.5 Å². The van der Waals surface area contributed by atoms with Crippen LogP contribution in [0.15, 0.2) is 24.8 Å². The Balaban J connectivity index is 0.00000253. The topological polar surface area (TPSA) is 267 Å². The van der Waals surface area contributed by atoms with Crippen molar-refractivity contribution >= 4 is 41.8 Å². The van der Waals surface area contributed by atoms with Crippen molar-refractivity contribution in [3.63, 3.8) is 0 Å². The Hall–Kier alpha value is -5.57. The Morgan fingerprint density at radius 3 is 1.46 bits per heavy atom. The number of esters is 5. The zero-order chi connectivity index (χ0) is 54.4. The van der Waals surface area contributed by atoms with Crippen LogP contribution < -0.4 is 21.7 Å². The monoisotopic (exact) mass is 1010 g/mol. The van der Waals surface area contributed by atoms with E-state index in [0.29, 0.717) is 76.4 Å². The summed E-state index contributed by atoms with van der Waals surface area (Å²) in [4.78, 5) is 97.5. The van der Waals surface area contributed by atoms with Gasteiger partial charge >= 0.3 is 35.9 Å². The summed E-state index contributed by atoms with van der Waals surface area (Å²) in [5, 5.41) is 7.85. The zero-order valence-corrected chi connectivity index (χ0v) is 45.6. The van der Waals surface area contributed by atoms with Gasteiger partial charge in [-0.3, -0.25) is 28.9 Å². The average molecular weight is 1010 g/mol. The van der Waals surface area contributed by atoms with Crippen molar-refractivity contribution in [2.45, 2.75) is 222 Å². The van der Waals surface area contributed by atoms with Crippen LogP contribution in [0, 0.1) is 0 Å². The van der Waals surface area contributed by atoms with Crippen molar-refractivity contribution in [2.75, 3.05) is 19.6 Å². The third-order valence-corrected chi connectivity index (χ3v) is 9.09. The highest BCUT2D eigenvalue weighted by Crippen LogP contribution is 2.16. The normalized spacial score (nSPS) is 12.9. The summed E-state index contributed by atoms with van der Waals surface area (Å²) in [7, 11) is 0. The number of carbonyl (C=O) groups is 7. The molecule has 21 heteroatoms. The van der Waals surface area contributed by atoms with E-state index in [4.69, 9.17) is 29.4 Å². The number of carbonyl (C=O) groups excluding carboxylic acids is 7. The fraction of sp³-hybridized carbons (Fsp3) is 0.740. The predicted molar refractivity (Wildman–Crippen MR) is 267 cm³/mol. The zero-order valence-electron chi connectivity index (χ0n) is 45.6. The van der Waals surface area contributed by atoms with Gasteiger partial charge in [0.2, 0.25) is 5.91 Å². The molecule has 2 rings (SSSR count). The number of aromatic nitrogens is 4. The van der Waals surface area contributed by atoms with Gasteiger partial charge in [-0.25, -0.2) is 19.6 Å². The molecule has 0 fully saturated rings. The second-order valence-corrected chi connectivity index (χ2v) is 22.2. The first kappa shape index (κ1) is 63.4. The van der Waals surface area contributed by atoms with Gasteiger partial charge in [0.1, 0.15) is 65.3 Å². The Kier molecular flexibility index (Phi) is 26.0. The van der Waals surface area contributed by atoms with E-state index in [9.17, 15) is 33.6 Å². The summed E-state index contributed by atoms with van der Waals surface area (Å²) in [6.07, 6.45) is 10.1. The van der Waals surface area contributed by atoms with E-state index >= 15 is 0 Å². The molecule has 2 unspecified atom stereocenters. The van der Waals surface area contributed by atoms with Crippen LogP contribution in [0.2, 0.25) is 0 Å². The SMILES string of the molecule is CC(C)(C)OC(=O)CNC(=O)NC(CCCCNC(=O)C(N)CCCCN(Cc1nccn1CC(=O)OC(C)(C)C)Cc1nccn1CC(=O)OC(C)(C)C)C(=O)OC(C)(C)C.CCC(=O)OC(C)(C)C. The lowest BCUT2D eigenvalue weighted by Crippen LogP contribution is -2.49. The minimum Gasteiger partial charge on any atom is -0.460 e. The quantitative estimate of drug-likeness (QED) is 0.0563. The van der Waals surface area contributed by atoms with Crippen LogP contribution in [0.25, 0.3) is 0 Å². The Morgan fingerprint density at radius 2 is 1.03 bits per heavy atom.